The van der Waals surface area contributed by atoms with Gasteiger partial charge in [-0.05, 0) is 54.1 Å². The highest BCUT2D eigenvalue weighted by molar-refractivity contribution is 7.98. The number of rotatable bonds is 6. The number of aromatic nitrogens is 3. The zero-order chi connectivity index (χ0) is 23.6. The van der Waals surface area contributed by atoms with Crippen molar-refractivity contribution in [3.05, 3.63) is 87.9 Å². The SMILES string of the molecule is COc1ccc(-c2nnc(SCc3cccc(C(F)(F)F)c3)n2-c2ccc(Cl)c(Cl)c2)cc1. The Morgan fingerprint density at radius 3 is 2.36 bits per heavy atom. The Labute approximate surface area is 202 Å². The second-order valence-electron chi connectivity index (χ2n) is 6.96. The van der Waals surface area contributed by atoms with E-state index in [1.165, 1.54) is 17.8 Å². The molecule has 0 aliphatic rings. The molecular weight excluding hydrogens is 494 g/mol. The second kappa shape index (κ2) is 9.67. The maximum atomic E-state index is 13.1. The average Bonchev–Trinajstić information content (AvgIpc) is 3.23. The van der Waals surface area contributed by atoms with Gasteiger partial charge in [0, 0.05) is 11.3 Å². The number of nitrogens with zero attached hydrogens (tertiary/aromatic N) is 3. The van der Waals surface area contributed by atoms with E-state index in [1.807, 2.05) is 12.1 Å². The molecule has 0 N–H and O–H groups in total. The number of benzene rings is 3. The van der Waals surface area contributed by atoms with E-state index in [0.717, 1.165) is 17.7 Å². The van der Waals surface area contributed by atoms with Gasteiger partial charge in [0.2, 0.25) is 0 Å². The van der Waals surface area contributed by atoms with Crippen molar-refractivity contribution < 1.29 is 17.9 Å². The summed E-state index contributed by atoms with van der Waals surface area (Å²) in [6.45, 7) is 0. The topological polar surface area (TPSA) is 39.9 Å². The maximum absolute atomic E-state index is 13.1. The molecule has 0 fully saturated rings. The first-order valence-electron chi connectivity index (χ1n) is 9.60. The summed E-state index contributed by atoms with van der Waals surface area (Å²) in [6, 6.07) is 17.7. The molecule has 4 nitrogen and oxygen atoms in total. The van der Waals surface area contributed by atoms with E-state index in [2.05, 4.69) is 10.2 Å². The van der Waals surface area contributed by atoms with Crippen LogP contribution in [0.2, 0.25) is 10.0 Å². The highest BCUT2D eigenvalue weighted by Gasteiger charge is 2.30. The zero-order valence-corrected chi connectivity index (χ0v) is 19.4. The van der Waals surface area contributed by atoms with Gasteiger partial charge < -0.3 is 4.74 Å². The van der Waals surface area contributed by atoms with Crippen molar-refractivity contribution in [3.63, 3.8) is 0 Å². The van der Waals surface area contributed by atoms with Crippen molar-refractivity contribution in [2.24, 2.45) is 0 Å². The maximum Gasteiger partial charge on any atom is 0.416 e. The third-order valence-corrected chi connectivity index (χ3v) is 6.50. The van der Waals surface area contributed by atoms with Crippen molar-refractivity contribution in [1.82, 2.24) is 14.8 Å². The molecule has 0 saturated carbocycles. The van der Waals surface area contributed by atoms with Crippen LogP contribution >= 0.6 is 35.0 Å². The number of hydrogen-bond acceptors (Lipinski definition) is 4. The molecule has 4 aromatic rings. The van der Waals surface area contributed by atoms with Crippen molar-refractivity contribution in [2.75, 3.05) is 7.11 Å². The summed E-state index contributed by atoms with van der Waals surface area (Å²) in [5, 5.41) is 9.89. The lowest BCUT2D eigenvalue weighted by Crippen LogP contribution is -2.05. The summed E-state index contributed by atoms with van der Waals surface area (Å²) < 4.78 is 46.2. The van der Waals surface area contributed by atoms with Crippen molar-refractivity contribution in [2.45, 2.75) is 17.1 Å². The Kier molecular flexibility index (Phi) is 6.88. The molecule has 10 heteroatoms. The summed E-state index contributed by atoms with van der Waals surface area (Å²) in [6.07, 6.45) is -4.40. The molecule has 1 aromatic heterocycles. The third kappa shape index (κ3) is 5.29. The predicted molar refractivity (Wildman–Crippen MR) is 124 cm³/mol. The molecule has 0 atom stereocenters. The molecule has 0 bridgehead atoms. The lowest BCUT2D eigenvalue weighted by Gasteiger charge is -2.12. The van der Waals surface area contributed by atoms with E-state index >= 15 is 0 Å². The highest BCUT2D eigenvalue weighted by Crippen LogP contribution is 2.34. The molecule has 0 amide bonds. The molecule has 170 valence electrons. The van der Waals surface area contributed by atoms with Crippen LogP contribution in [0.25, 0.3) is 17.1 Å². The van der Waals surface area contributed by atoms with Crippen LogP contribution in [0.15, 0.2) is 71.9 Å². The summed E-state index contributed by atoms with van der Waals surface area (Å²) in [5.41, 5.74) is 1.28. The van der Waals surface area contributed by atoms with Crippen LogP contribution in [-0.2, 0) is 11.9 Å². The van der Waals surface area contributed by atoms with E-state index < -0.39 is 11.7 Å². The molecule has 0 saturated heterocycles. The minimum Gasteiger partial charge on any atom is -0.497 e. The molecule has 4 rings (SSSR count). The van der Waals surface area contributed by atoms with E-state index in [9.17, 15) is 13.2 Å². The number of hydrogen-bond donors (Lipinski definition) is 0. The van der Waals surface area contributed by atoms with Gasteiger partial charge in [0.15, 0.2) is 11.0 Å². The molecule has 0 unspecified atom stereocenters. The summed E-state index contributed by atoms with van der Waals surface area (Å²) in [5.74, 6) is 1.51. The number of ether oxygens (including phenoxy) is 1. The van der Waals surface area contributed by atoms with Gasteiger partial charge >= 0.3 is 6.18 Å². The number of methoxy groups -OCH3 is 1. The Morgan fingerprint density at radius 2 is 1.70 bits per heavy atom. The van der Waals surface area contributed by atoms with Gasteiger partial charge in [-0.2, -0.15) is 13.2 Å². The van der Waals surface area contributed by atoms with Crippen LogP contribution in [0.5, 0.6) is 5.75 Å². The summed E-state index contributed by atoms with van der Waals surface area (Å²) in [4.78, 5) is 0. The van der Waals surface area contributed by atoms with Gasteiger partial charge in [-0.1, -0.05) is 53.2 Å². The molecule has 0 aliphatic carbocycles. The minimum absolute atomic E-state index is 0.270. The fourth-order valence-corrected chi connectivity index (χ4v) is 4.32. The fourth-order valence-electron chi connectivity index (χ4n) is 3.13. The van der Waals surface area contributed by atoms with Gasteiger partial charge in [0.25, 0.3) is 0 Å². The number of alkyl halides is 3. The van der Waals surface area contributed by atoms with Crippen molar-refractivity contribution in [3.8, 4) is 22.8 Å². The molecule has 1 heterocycles. The molecular formula is C23H16Cl2F3N3OS. The lowest BCUT2D eigenvalue weighted by atomic mass is 10.1. The minimum atomic E-state index is -4.40. The zero-order valence-electron chi connectivity index (χ0n) is 17.1. The fraction of sp³-hybridized carbons (Fsp3) is 0.130. The highest BCUT2D eigenvalue weighted by atomic mass is 35.5. The van der Waals surface area contributed by atoms with E-state index in [0.29, 0.717) is 38.0 Å². The first kappa shape index (κ1) is 23.5. The second-order valence-corrected chi connectivity index (χ2v) is 8.71. The van der Waals surface area contributed by atoms with Crippen LogP contribution in [0, 0.1) is 0 Å². The molecule has 0 spiro atoms. The summed E-state index contributed by atoms with van der Waals surface area (Å²) in [7, 11) is 1.58. The standard InChI is InChI=1S/C23H16Cl2F3N3OS/c1-32-18-8-5-15(6-9-18)21-29-30-22(31(21)17-7-10-19(24)20(25)12-17)33-13-14-3-2-4-16(11-14)23(26,27)28/h2-12H,13H2,1H3. The Balaban J connectivity index is 1.72. The van der Waals surface area contributed by atoms with Crippen LogP contribution in [0.4, 0.5) is 13.2 Å². The molecule has 33 heavy (non-hydrogen) atoms. The third-order valence-electron chi connectivity index (χ3n) is 4.77. The van der Waals surface area contributed by atoms with Gasteiger partial charge in [-0.15, -0.1) is 10.2 Å². The predicted octanol–water partition coefficient (Wildman–Crippen LogP) is 7.56. The monoisotopic (exact) mass is 509 g/mol. The van der Waals surface area contributed by atoms with Gasteiger partial charge in [-0.3, -0.25) is 4.57 Å². The van der Waals surface area contributed by atoms with Crippen LogP contribution in [-0.4, -0.2) is 21.9 Å². The van der Waals surface area contributed by atoms with Gasteiger partial charge in [0.05, 0.1) is 28.4 Å². The average molecular weight is 510 g/mol. The summed E-state index contributed by atoms with van der Waals surface area (Å²) >= 11 is 13.6. The largest absolute Gasteiger partial charge is 0.497 e. The van der Waals surface area contributed by atoms with E-state index in [4.69, 9.17) is 27.9 Å². The number of thioether (sulfide) groups is 1. The smallest absolute Gasteiger partial charge is 0.416 e. The molecule has 0 aliphatic heterocycles. The lowest BCUT2D eigenvalue weighted by molar-refractivity contribution is -0.137. The molecule has 0 radical (unpaired) electrons. The first-order valence-corrected chi connectivity index (χ1v) is 11.3. The van der Waals surface area contributed by atoms with E-state index in [1.54, 1.807) is 48.1 Å². The van der Waals surface area contributed by atoms with Gasteiger partial charge in [0.1, 0.15) is 5.75 Å². The Hall–Kier alpha value is -2.68. The van der Waals surface area contributed by atoms with Crippen LogP contribution < -0.4 is 4.74 Å². The van der Waals surface area contributed by atoms with Gasteiger partial charge in [-0.25, -0.2) is 0 Å². The van der Waals surface area contributed by atoms with Crippen LogP contribution in [0.1, 0.15) is 11.1 Å². The van der Waals surface area contributed by atoms with Crippen molar-refractivity contribution in [1.29, 1.82) is 0 Å². The molecule has 3 aromatic carbocycles. The van der Waals surface area contributed by atoms with E-state index in [-0.39, 0.29) is 5.75 Å². The normalized spacial score (nSPS) is 11.6. The first-order chi connectivity index (χ1) is 15.8. The van der Waals surface area contributed by atoms with Crippen LogP contribution in [0.3, 0.4) is 0 Å². The van der Waals surface area contributed by atoms with Crippen molar-refractivity contribution >= 4 is 35.0 Å². The quantitative estimate of drug-likeness (QED) is 0.251. The Morgan fingerprint density at radius 1 is 0.939 bits per heavy atom. The Bertz CT molecular complexity index is 1280. The number of halogens is 5.